The van der Waals surface area contributed by atoms with Crippen LogP contribution < -0.4 is 0 Å². The fourth-order valence-corrected chi connectivity index (χ4v) is 3.14. The van der Waals surface area contributed by atoms with Gasteiger partial charge in [0.2, 0.25) is 0 Å². The van der Waals surface area contributed by atoms with Crippen molar-refractivity contribution in [3.05, 3.63) is 64.7 Å². The first-order valence-electron chi connectivity index (χ1n) is 6.48. The zero-order chi connectivity index (χ0) is 14.4. The van der Waals surface area contributed by atoms with Crippen molar-refractivity contribution >= 4 is 45.6 Å². The van der Waals surface area contributed by atoms with Crippen molar-refractivity contribution in [3.8, 4) is 5.69 Å². The van der Waals surface area contributed by atoms with Crippen LogP contribution in [-0.4, -0.2) is 14.5 Å². The number of nitrogens with one attached hydrogen (secondary N) is 1. The zero-order valence-corrected chi connectivity index (χ0v) is 12.4. The monoisotopic (exact) mass is 311 g/mol. The summed E-state index contributed by atoms with van der Waals surface area (Å²) in [5.41, 5.74) is 2.81. The highest BCUT2D eigenvalue weighted by atomic mass is 35.5. The Morgan fingerprint density at radius 3 is 2.86 bits per heavy atom. The van der Waals surface area contributed by atoms with E-state index in [4.69, 9.17) is 23.8 Å². The lowest BCUT2D eigenvalue weighted by Gasteiger charge is -2.08. The van der Waals surface area contributed by atoms with E-state index in [9.17, 15) is 0 Å². The van der Waals surface area contributed by atoms with Crippen LogP contribution >= 0.6 is 23.8 Å². The SMILES string of the molecule is S=c1[nH]c2c(Cl)cccc2n1-c1cccc2ccncc12. The highest BCUT2D eigenvalue weighted by Crippen LogP contribution is 2.28. The van der Waals surface area contributed by atoms with Gasteiger partial charge in [0.25, 0.3) is 0 Å². The van der Waals surface area contributed by atoms with Crippen molar-refractivity contribution in [1.29, 1.82) is 0 Å². The molecule has 0 fully saturated rings. The van der Waals surface area contributed by atoms with Gasteiger partial charge in [-0.3, -0.25) is 9.55 Å². The van der Waals surface area contributed by atoms with Crippen LogP contribution in [0.5, 0.6) is 0 Å². The fourth-order valence-electron chi connectivity index (χ4n) is 2.63. The molecule has 0 radical (unpaired) electrons. The molecule has 102 valence electrons. The lowest BCUT2D eigenvalue weighted by molar-refractivity contribution is 1.07. The van der Waals surface area contributed by atoms with Gasteiger partial charge in [-0.2, -0.15) is 0 Å². The second-order valence-electron chi connectivity index (χ2n) is 4.77. The van der Waals surface area contributed by atoms with Crippen LogP contribution in [0.4, 0.5) is 0 Å². The van der Waals surface area contributed by atoms with E-state index in [1.807, 2.05) is 47.2 Å². The standard InChI is InChI=1S/C16H10ClN3S/c17-12-4-2-6-14-15(12)19-16(21)20(14)13-5-1-3-10-7-8-18-9-11(10)13/h1-9H,(H,19,21). The number of imidazole rings is 1. The number of benzene rings is 2. The average molecular weight is 312 g/mol. The molecule has 4 rings (SSSR count). The Hall–Kier alpha value is -2.17. The fraction of sp³-hybridized carbons (Fsp3) is 0. The maximum atomic E-state index is 6.24. The van der Waals surface area contributed by atoms with E-state index in [2.05, 4.69) is 16.0 Å². The molecule has 0 bridgehead atoms. The molecule has 0 saturated heterocycles. The molecule has 0 aliphatic heterocycles. The van der Waals surface area contributed by atoms with Crippen LogP contribution in [0.25, 0.3) is 27.5 Å². The molecule has 1 N–H and O–H groups in total. The van der Waals surface area contributed by atoms with Gasteiger partial charge in [-0.1, -0.05) is 29.8 Å². The number of halogens is 1. The van der Waals surface area contributed by atoms with Crippen molar-refractivity contribution in [3.63, 3.8) is 0 Å². The minimum Gasteiger partial charge on any atom is -0.329 e. The number of nitrogens with zero attached hydrogens (tertiary/aromatic N) is 2. The number of pyridine rings is 1. The van der Waals surface area contributed by atoms with Gasteiger partial charge in [0.15, 0.2) is 4.77 Å². The number of hydrogen-bond donors (Lipinski definition) is 1. The lowest BCUT2D eigenvalue weighted by atomic mass is 10.1. The van der Waals surface area contributed by atoms with E-state index in [0.717, 1.165) is 27.5 Å². The Bertz CT molecular complexity index is 1030. The Labute approximate surface area is 130 Å². The van der Waals surface area contributed by atoms with Crippen molar-refractivity contribution in [2.45, 2.75) is 0 Å². The summed E-state index contributed by atoms with van der Waals surface area (Å²) in [7, 11) is 0. The predicted octanol–water partition coefficient (Wildman–Crippen LogP) is 4.89. The molecule has 2 heterocycles. The third-order valence-corrected chi connectivity index (χ3v) is 4.17. The van der Waals surface area contributed by atoms with Gasteiger partial charge in [0, 0.05) is 17.8 Å². The van der Waals surface area contributed by atoms with E-state index in [0.29, 0.717) is 9.79 Å². The smallest absolute Gasteiger partial charge is 0.182 e. The normalized spacial score (nSPS) is 11.3. The average Bonchev–Trinajstić information content (AvgIpc) is 2.84. The molecule has 0 aliphatic carbocycles. The van der Waals surface area contributed by atoms with E-state index in [1.54, 1.807) is 6.20 Å². The van der Waals surface area contributed by atoms with Crippen LogP contribution in [0.15, 0.2) is 54.9 Å². The molecule has 0 unspecified atom stereocenters. The zero-order valence-electron chi connectivity index (χ0n) is 10.9. The van der Waals surface area contributed by atoms with Gasteiger partial charge in [0.1, 0.15) is 0 Å². The van der Waals surface area contributed by atoms with Crippen molar-refractivity contribution in [2.75, 3.05) is 0 Å². The molecule has 2 aromatic heterocycles. The maximum absolute atomic E-state index is 6.24. The van der Waals surface area contributed by atoms with E-state index in [-0.39, 0.29) is 0 Å². The third kappa shape index (κ3) is 1.87. The Morgan fingerprint density at radius 1 is 1.10 bits per heavy atom. The molecule has 5 heteroatoms. The number of H-pyrrole nitrogens is 1. The van der Waals surface area contributed by atoms with Crippen LogP contribution in [0.2, 0.25) is 5.02 Å². The largest absolute Gasteiger partial charge is 0.329 e. The molecule has 21 heavy (non-hydrogen) atoms. The summed E-state index contributed by atoms with van der Waals surface area (Å²) >= 11 is 11.7. The molecule has 0 atom stereocenters. The van der Waals surface area contributed by atoms with Gasteiger partial charge in [0.05, 0.1) is 21.7 Å². The van der Waals surface area contributed by atoms with Crippen molar-refractivity contribution in [2.24, 2.45) is 0 Å². The van der Waals surface area contributed by atoms with Crippen molar-refractivity contribution < 1.29 is 0 Å². The minimum absolute atomic E-state index is 0.620. The number of hydrogen-bond acceptors (Lipinski definition) is 2. The first-order valence-corrected chi connectivity index (χ1v) is 7.27. The van der Waals surface area contributed by atoms with Gasteiger partial charge < -0.3 is 4.98 Å². The maximum Gasteiger partial charge on any atom is 0.182 e. The van der Waals surface area contributed by atoms with Crippen molar-refractivity contribution in [1.82, 2.24) is 14.5 Å². The molecule has 3 nitrogen and oxygen atoms in total. The summed E-state index contributed by atoms with van der Waals surface area (Å²) in [4.78, 5) is 7.41. The molecule has 0 spiro atoms. The molecule has 4 aromatic rings. The van der Waals surface area contributed by atoms with E-state index < -0.39 is 0 Å². The molecular weight excluding hydrogens is 302 g/mol. The summed E-state index contributed by atoms with van der Waals surface area (Å²) in [6.07, 6.45) is 3.65. The van der Waals surface area contributed by atoms with Gasteiger partial charge in [-0.25, -0.2) is 0 Å². The van der Waals surface area contributed by atoms with Gasteiger partial charge in [-0.05, 0) is 41.9 Å². The Morgan fingerprint density at radius 2 is 1.95 bits per heavy atom. The highest BCUT2D eigenvalue weighted by molar-refractivity contribution is 7.71. The Kier molecular flexibility index (Phi) is 2.80. The number of rotatable bonds is 1. The third-order valence-electron chi connectivity index (χ3n) is 3.57. The molecular formula is C16H10ClN3S. The summed E-state index contributed by atoms with van der Waals surface area (Å²) < 4.78 is 2.62. The summed E-state index contributed by atoms with van der Waals surface area (Å²) in [6.45, 7) is 0. The number of aromatic nitrogens is 3. The second-order valence-corrected chi connectivity index (χ2v) is 5.57. The lowest BCUT2D eigenvalue weighted by Crippen LogP contribution is -1.95. The summed E-state index contributed by atoms with van der Waals surface area (Å²) in [6, 6.07) is 13.9. The Balaban J connectivity index is 2.17. The van der Waals surface area contributed by atoms with E-state index >= 15 is 0 Å². The van der Waals surface area contributed by atoms with Gasteiger partial charge in [-0.15, -0.1) is 0 Å². The van der Waals surface area contributed by atoms with Crippen LogP contribution in [-0.2, 0) is 0 Å². The second kappa shape index (κ2) is 4.69. The number of para-hydroxylation sites is 1. The molecule has 0 saturated carbocycles. The molecule has 2 aromatic carbocycles. The molecule has 0 aliphatic rings. The topological polar surface area (TPSA) is 33.6 Å². The summed E-state index contributed by atoms with van der Waals surface area (Å²) in [5, 5.41) is 2.84. The minimum atomic E-state index is 0.620. The predicted molar refractivity (Wildman–Crippen MR) is 88.8 cm³/mol. The summed E-state index contributed by atoms with van der Waals surface area (Å²) in [5.74, 6) is 0. The van der Waals surface area contributed by atoms with Crippen LogP contribution in [0.3, 0.4) is 0 Å². The quantitative estimate of drug-likeness (QED) is 0.508. The first kappa shape index (κ1) is 12.6. The van der Waals surface area contributed by atoms with E-state index in [1.165, 1.54) is 0 Å². The highest BCUT2D eigenvalue weighted by Gasteiger charge is 2.11. The first-order chi connectivity index (χ1) is 10.3. The van der Waals surface area contributed by atoms with Gasteiger partial charge >= 0.3 is 0 Å². The number of fused-ring (bicyclic) bond motifs is 2. The van der Waals surface area contributed by atoms with Crippen LogP contribution in [0, 0.1) is 4.77 Å². The molecule has 0 amide bonds. The number of aromatic amines is 1. The van der Waals surface area contributed by atoms with Crippen LogP contribution in [0.1, 0.15) is 0 Å².